The van der Waals surface area contributed by atoms with Crippen molar-refractivity contribution in [2.24, 2.45) is 7.05 Å². The minimum Gasteiger partial charge on any atom is -0.378 e. The van der Waals surface area contributed by atoms with E-state index in [-0.39, 0.29) is 11.8 Å². The summed E-state index contributed by atoms with van der Waals surface area (Å²) in [6, 6.07) is 8.14. The number of rotatable bonds is 2. The zero-order valence-electron chi connectivity index (χ0n) is 16.3. The minimum absolute atomic E-state index is 0.0475. The van der Waals surface area contributed by atoms with Crippen LogP contribution in [0, 0.1) is 6.92 Å². The Balaban J connectivity index is 1.66. The molecule has 1 atom stereocenters. The molecule has 27 heavy (non-hydrogen) atoms. The summed E-state index contributed by atoms with van der Waals surface area (Å²) in [6.45, 7) is 6.92. The van der Waals surface area contributed by atoms with E-state index < -0.39 is 5.54 Å². The van der Waals surface area contributed by atoms with E-state index in [1.54, 1.807) is 4.90 Å². The van der Waals surface area contributed by atoms with Crippen LogP contribution < -0.4 is 0 Å². The van der Waals surface area contributed by atoms with Crippen molar-refractivity contribution in [3.63, 3.8) is 0 Å². The number of amides is 2. The van der Waals surface area contributed by atoms with E-state index in [0.717, 1.165) is 17.3 Å². The van der Waals surface area contributed by atoms with Gasteiger partial charge in [0.25, 0.3) is 5.91 Å². The standard InChI is InChI=1S/C21H27N3O3/c1-15-5-6-17-16(13-15)14-18(22(17)3)19(25)24-8-4-7-21(24,2)20(26)23-9-11-27-12-10-23/h5-6,13-14H,4,7-12H2,1-3H3. The molecule has 0 N–H and O–H groups in total. The van der Waals surface area contributed by atoms with Crippen LogP contribution in [0.25, 0.3) is 10.9 Å². The highest BCUT2D eigenvalue weighted by molar-refractivity contribution is 6.02. The van der Waals surface area contributed by atoms with Crippen LogP contribution >= 0.6 is 0 Å². The van der Waals surface area contributed by atoms with Crippen LogP contribution in [0.2, 0.25) is 0 Å². The van der Waals surface area contributed by atoms with Gasteiger partial charge in [-0.25, -0.2) is 0 Å². The first-order valence-corrected chi connectivity index (χ1v) is 9.67. The predicted molar refractivity (Wildman–Crippen MR) is 104 cm³/mol. The highest BCUT2D eigenvalue weighted by atomic mass is 16.5. The number of carbonyl (C=O) groups excluding carboxylic acids is 2. The average Bonchev–Trinajstić information content (AvgIpc) is 3.22. The van der Waals surface area contributed by atoms with Gasteiger partial charge in [0.1, 0.15) is 11.2 Å². The molecule has 0 saturated carbocycles. The van der Waals surface area contributed by atoms with Gasteiger partial charge in [-0.2, -0.15) is 0 Å². The molecule has 1 aromatic carbocycles. The van der Waals surface area contributed by atoms with Crippen molar-refractivity contribution in [1.29, 1.82) is 0 Å². The van der Waals surface area contributed by atoms with Crippen LogP contribution in [-0.4, -0.2) is 64.6 Å². The maximum atomic E-state index is 13.4. The Kier molecular flexibility index (Phi) is 4.46. The van der Waals surface area contributed by atoms with Crippen LogP contribution in [0.4, 0.5) is 0 Å². The Hall–Kier alpha value is -2.34. The van der Waals surface area contributed by atoms with Gasteiger partial charge < -0.3 is 19.1 Å². The summed E-state index contributed by atoms with van der Waals surface area (Å²) in [7, 11) is 1.92. The van der Waals surface area contributed by atoms with Crippen LogP contribution in [0.15, 0.2) is 24.3 Å². The van der Waals surface area contributed by atoms with Crippen LogP contribution in [0.1, 0.15) is 35.8 Å². The van der Waals surface area contributed by atoms with E-state index in [1.807, 2.05) is 42.5 Å². The summed E-state index contributed by atoms with van der Waals surface area (Å²) in [4.78, 5) is 30.3. The molecule has 2 aliphatic heterocycles. The lowest BCUT2D eigenvalue weighted by molar-refractivity contribution is -0.144. The fourth-order valence-corrected chi connectivity index (χ4v) is 4.43. The van der Waals surface area contributed by atoms with Crippen molar-refractivity contribution in [2.45, 2.75) is 32.2 Å². The van der Waals surface area contributed by atoms with Gasteiger partial charge in [-0.3, -0.25) is 9.59 Å². The van der Waals surface area contributed by atoms with Gasteiger partial charge in [0.15, 0.2) is 0 Å². The van der Waals surface area contributed by atoms with Crippen molar-refractivity contribution >= 4 is 22.7 Å². The SMILES string of the molecule is Cc1ccc2c(c1)cc(C(=O)N1CCCC1(C)C(=O)N1CCOCC1)n2C. The number of fused-ring (bicyclic) bond motifs is 1. The predicted octanol–water partition coefficient (Wildman–Crippen LogP) is 2.34. The number of ether oxygens (including phenoxy) is 1. The molecule has 0 spiro atoms. The molecule has 1 aromatic heterocycles. The summed E-state index contributed by atoms with van der Waals surface area (Å²) in [5, 5.41) is 1.06. The van der Waals surface area contributed by atoms with Crippen molar-refractivity contribution in [3.05, 3.63) is 35.5 Å². The van der Waals surface area contributed by atoms with Crippen molar-refractivity contribution in [3.8, 4) is 0 Å². The third-order valence-corrected chi connectivity index (χ3v) is 6.06. The molecule has 6 heteroatoms. The van der Waals surface area contributed by atoms with Gasteiger partial charge in [0, 0.05) is 37.6 Å². The van der Waals surface area contributed by atoms with Gasteiger partial charge in [0.2, 0.25) is 5.91 Å². The monoisotopic (exact) mass is 369 g/mol. The number of morpholine rings is 1. The number of aryl methyl sites for hydroxylation is 2. The number of benzene rings is 1. The van der Waals surface area contributed by atoms with E-state index in [9.17, 15) is 9.59 Å². The van der Waals surface area contributed by atoms with E-state index >= 15 is 0 Å². The average molecular weight is 369 g/mol. The van der Waals surface area contributed by atoms with Gasteiger partial charge in [0.05, 0.1) is 13.2 Å². The second-order valence-electron chi connectivity index (χ2n) is 7.89. The molecule has 3 heterocycles. The van der Waals surface area contributed by atoms with Crippen LogP contribution in [0.3, 0.4) is 0 Å². The summed E-state index contributed by atoms with van der Waals surface area (Å²) in [5.74, 6) is -0.0146. The highest BCUT2D eigenvalue weighted by Crippen LogP contribution is 2.33. The number of aromatic nitrogens is 1. The van der Waals surface area contributed by atoms with Crippen LogP contribution in [0.5, 0.6) is 0 Å². The topological polar surface area (TPSA) is 54.8 Å². The summed E-state index contributed by atoms with van der Waals surface area (Å²) < 4.78 is 7.31. The molecule has 4 rings (SSSR count). The minimum atomic E-state index is -0.777. The second kappa shape index (κ2) is 6.68. The summed E-state index contributed by atoms with van der Waals surface area (Å²) >= 11 is 0. The lowest BCUT2D eigenvalue weighted by atomic mass is 9.96. The fraction of sp³-hybridized carbons (Fsp3) is 0.524. The highest BCUT2D eigenvalue weighted by Gasteiger charge is 2.48. The van der Waals surface area contributed by atoms with Gasteiger partial charge in [-0.15, -0.1) is 0 Å². The lowest BCUT2D eigenvalue weighted by Gasteiger charge is -2.39. The molecule has 2 saturated heterocycles. The van der Waals surface area contributed by atoms with E-state index in [0.29, 0.717) is 45.0 Å². The first-order chi connectivity index (χ1) is 12.9. The van der Waals surface area contributed by atoms with Gasteiger partial charge in [-0.1, -0.05) is 11.6 Å². The quantitative estimate of drug-likeness (QED) is 0.816. The Morgan fingerprint density at radius 3 is 2.59 bits per heavy atom. The lowest BCUT2D eigenvalue weighted by Crippen LogP contribution is -2.58. The normalized spacial score (nSPS) is 23.2. The van der Waals surface area contributed by atoms with Gasteiger partial charge in [-0.05, 0) is 44.9 Å². The number of likely N-dealkylation sites (tertiary alicyclic amines) is 1. The first kappa shape index (κ1) is 18.0. The smallest absolute Gasteiger partial charge is 0.271 e. The Morgan fingerprint density at radius 2 is 1.85 bits per heavy atom. The molecule has 0 aliphatic carbocycles. The molecule has 0 bridgehead atoms. The number of nitrogens with zero attached hydrogens (tertiary/aromatic N) is 3. The number of hydrogen-bond donors (Lipinski definition) is 0. The second-order valence-corrected chi connectivity index (χ2v) is 7.89. The van der Waals surface area contributed by atoms with Crippen molar-refractivity contribution in [1.82, 2.24) is 14.4 Å². The Morgan fingerprint density at radius 1 is 1.11 bits per heavy atom. The zero-order valence-corrected chi connectivity index (χ0v) is 16.3. The molecule has 2 aromatic rings. The van der Waals surface area contributed by atoms with Crippen molar-refractivity contribution < 1.29 is 14.3 Å². The van der Waals surface area contributed by atoms with E-state index in [4.69, 9.17) is 4.74 Å². The largest absolute Gasteiger partial charge is 0.378 e. The molecular weight excluding hydrogens is 342 g/mol. The molecule has 144 valence electrons. The summed E-state index contributed by atoms with van der Waals surface area (Å²) in [5.41, 5.74) is 2.06. The fourth-order valence-electron chi connectivity index (χ4n) is 4.43. The molecule has 6 nitrogen and oxygen atoms in total. The Labute approximate surface area is 159 Å². The van der Waals surface area contributed by atoms with Crippen molar-refractivity contribution in [2.75, 3.05) is 32.8 Å². The van der Waals surface area contributed by atoms with Gasteiger partial charge >= 0.3 is 0 Å². The zero-order chi connectivity index (χ0) is 19.2. The molecule has 2 fully saturated rings. The molecule has 2 amide bonds. The maximum Gasteiger partial charge on any atom is 0.271 e. The molecule has 1 unspecified atom stereocenters. The number of hydrogen-bond acceptors (Lipinski definition) is 3. The molecular formula is C21H27N3O3. The molecule has 0 radical (unpaired) electrons. The van der Waals surface area contributed by atoms with E-state index in [2.05, 4.69) is 12.1 Å². The number of carbonyl (C=O) groups is 2. The Bertz CT molecular complexity index is 897. The van der Waals surface area contributed by atoms with E-state index in [1.165, 1.54) is 5.56 Å². The maximum absolute atomic E-state index is 13.4. The molecule has 2 aliphatic rings. The third kappa shape index (κ3) is 2.92. The van der Waals surface area contributed by atoms with Crippen LogP contribution in [-0.2, 0) is 16.6 Å². The summed E-state index contributed by atoms with van der Waals surface area (Å²) in [6.07, 6.45) is 1.55. The first-order valence-electron chi connectivity index (χ1n) is 9.67. The third-order valence-electron chi connectivity index (χ3n) is 6.06.